The van der Waals surface area contributed by atoms with E-state index in [0.29, 0.717) is 17.7 Å². The van der Waals surface area contributed by atoms with Crippen LogP contribution in [0, 0.1) is 21.8 Å². The van der Waals surface area contributed by atoms with E-state index >= 15 is 0 Å². The van der Waals surface area contributed by atoms with Crippen molar-refractivity contribution in [1.29, 1.82) is 0 Å². The normalized spacial score (nSPS) is 23.5. The van der Waals surface area contributed by atoms with Gasteiger partial charge < -0.3 is 9.64 Å². The zero-order valence-electron chi connectivity index (χ0n) is 11.8. The van der Waals surface area contributed by atoms with Crippen molar-refractivity contribution in [3.63, 3.8) is 0 Å². The molecule has 1 aromatic carbocycles. The maximum absolute atomic E-state index is 13.7. The molecule has 0 amide bonds. The Morgan fingerprint density at radius 2 is 2.05 bits per heavy atom. The first-order valence-electron chi connectivity index (χ1n) is 7.46. The van der Waals surface area contributed by atoms with E-state index in [0.717, 1.165) is 51.4 Å². The van der Waals surface area contributed by atoms with Crippen LogP contribution < -0.4 is 4.90 Å². The van der Waals surface area contributed by atoms with Gasteiger partial charge in [0.15, 0.2) is 0 Å². The fourth-order valence-corrected chi connectivity index (χ4v) is 3.43. The molecule has 1 unspecified atom stereocenters. The maximum Gasteiger partial charge on any atom is 0.327 e. The van der Waals surface area contributed by atoms with Gasteiger partial charge in [-0.15, -0.1) is 0 Å². The highest BCUT2D eigenvalue weighted by atomic mass is 19.1. The van der Waals surface area contributed by atoms with E-state index in [1.807, 2.05) is 4.90 Å². The number of halogens is 1. The molecule has 1 atom stereocenters. The molecule has 3 rings (SSSR count). The summed E-state index contributed by atoms with van der Waals surface area (Å²) in [6.45, 7) is 2.28. The minimum atomic E-state index is -0.765. The summed E-state index contributed by atoms with van der Waals surface area (Å²) >= 11 is 0. The molecular formula is C15H19FN2O3. The Morgan fingerprint density at radius 1 is 1.29 bits per heavy atom. The van der Waals surface area contributed by atoms with E-state index in [4.69, 9.17) is 4.74 Å². The second-order valence-electron chi connectivity index (χ2n) is 5.74. The largest absolute Gasteiger partial charge is 0.378 e. The van der Waals surface area contributed by atoms with Crippen LogP contribution >= 0.6 is 0 Å². The Balaban J connectivity index is 1.72. The summed E-state index contributed by atoms with van der Waals surface area (Å²) in [5.74, 6) is -0.241. The van der Waals surface area contributed by atoms with Crippen molar-refractivity contribution in [3.8, 4) is 0 Å². The molecule has 114 valence electrons. The predicted molar refractivity (Wildman–Crippen MR) is 77.0 cm³/mol. The fraction of sp³-hybridized carbons (Fsp3) is 0.600. The SMILES string of the molecule is O=[N+]([O-])c1c(F)cccc1N1CCC(C2CCCO2)CC1. The lowest BCUT2D eigenvalue weighted by Gasteiger charge is -2.35. The summed E-state index contributed by atoms with van der Waals surface area (Å²) < 4.78 is 19.4. The van der Waals surface area contributed by atoms with Crippen LogP contribution in [0.4, 0.5) is 15.8 Å². The standard InChI is InChI=1S/C15H19FN2O3/c16-12-3-1-4-13(15(12)18(19)20)17-8-6-11(7-9-17)14-5-2-10-21-14/h1,3-4,11,14H,2,5-10H2. The number of piperidine rings is 1. The molecule has 2 saturated heterocycles. The molecule has 0 aromatic heterocycles. The van der Waals surface area contributed by atoms with Crippen LogP contribution in [-0.2, 0) is 4.74 Å². The molecule has 21 heavy (non-hydrogen) atoms. The number of para-hydroxylation sites is 1. The van der Waals surface area contributed by atoms with E-state index in [1.54, 1.807) is 6.07 Å². The smallest absolute Gasteiger partial charge is 0.327 e. The van der Waals surface area contributed by atoms with Crippen LogP contribution in [0.3, 0.4) is 0 Å². The Bertz CT molecular complexity index is 524. The molecule has 5 nitrogen and oxygen atoms in total. The average molecular weight is 294 g/mol. The van der Waals surface area contributed by atoms with E-state index in [-0.39, 0.29) is 0 Å². The molecular weight excluding hydrogens is 275 g/mol. The first kappa shape index (κ1) is 14.3. The molecule has 2 heterocycles. The highest BCUT2D eigenvalue weighted by Gasteiger charge is 2.32. The average Bonchev–Trinajstić information content (AvgIpc) is 3.01. The monoisotopic (exact) mass is 294 g/mol. The molecule has 2 aliphatic heterocycles. The Morgan fingerprint density at radius 3 is 2.67 bits per heavy atom. The number of benzene rings is 1. The van der Waals surface area contributed by atoms with Gasteiger partial charge in [0.25, 0.3) is 0 Å². The lowest BCUT2D eigenvalue weighted by atomic mass is 9.89. The lowest BCUT2D eigenvalue weighted by molar-refractivity contribution is -0.386. The van der Waals surface area contributed by atoms with Gasteiger partial charge in [-0.05, 0) is 43.7 Å². The Kier molecular flexibility index (Phi) is 4.05. The minimum absolute atomic E-state index is 0.342. The van der Waals surface area contributed by atoms with Gasteiger partial charge in [-0.25, -0.2) is 0 Å². The van der Waals surface area contributed by atoms with Gasteiger partial charge in [-0.2, -0.15) is 4.39 Å². The first-order chi connectivity index (χ1) is 10.2. The first-order valence-corrected chi connectivity index (χ1v) is 7.46. The van der Waals surface area contributed by atoms with Crippen LogP contribution in [0.5, 0.6) is 0 Å². The van der Waals surface area contributed by atoms with E-state index in [2.05, 4.69) is 0 Å². The van der Waals surface area contributed by atoms with Gasteiger partial charge in [-0.3, -0.25) is 10.1 Å². The summed E-state index contributed by atoms with van der Waals surface area (Å²) in [6, 6.07) is 4.30. The molecule has 2 aliphatic rings. The summed E-state index contributed by atoms with van der Waals surface area (Å²) in [5.41, 5.74) is -0.0149. The lowest BCUT2D eigenvalue weighted by Crippen LogP contribution is -2.38. The molecule has 0 aliphatic carbocycles. The molecule has 0 saturated carbocycles. The van der Waals surface area contributed by atoms with Gasteiger partial charge >= 0.3 is 5.69 Å². The molecule has 0 N–H and O–H groups in total. The number of rotatable bonds is 3. The number of ether oxygens (including phenoxy) is 1. The summed E-state index contributed by atoms with van der Waals surface area (Å²) in [5, 5.41) is 11.1. The van der Waals surface area contributed by atoms with Crippen LogP contribution in [-0.4, -0.2) is 30.7 Å². The van der Waals surface area contributed by atoms with Gasteiger partial charge in [-0.1, -0.05) is 6.07 Å². The molecule has 1 aromatic rings. The minimum Gasteiger partial charge on any atom is -0.378 e. The van der Waals surface area contributed by atoms with Gasteiger partial charge in [0.2, 0.25) is 5.82 Å². The van der Waals surface area contributed by atoms with E-state index < -0.39 is 16.4 Å². The fourth-order valence-electron chi connectivity index (χ4n) is 3.43. The molecule has 0 bridgehead atoms. The second-order valence-corrected chi connectivity index (χ2v) is 5.74. The third-order valence-corrected chi connectivity index (χ3v) is 4.52. The molecule has 0 radical (unpaired) electrons. The Labute approximate surface area is 122 Å². The van der Waals surface area contributed by atoms with E-state index in [9.17, 15) is 14.5 Å². The third-order valence-electron chi connectivity index (χ3n) is 4.52. The van der Waals surface area contributed by atoms with E-state index in [1.165, 1.54) is 6.07 Å². The van der Waals surface area contributed by atoms with Crippen LogP contribution in [0.15, 0.2) is 18.2 Å². The van der Waals surface area contributed by atoms with Crippen molar-refractivity contribution in [1.82, 2.24) is 0 Å². The highest BCUT2D eigenvalue weighted by molar-refractivity contribution is 5.64. The van der Waals surface area contributed by atoms with Crippen LogP contribution in [0.1, 0.15) is 25.7 Å². The van der Waals surface area contributed by atoms with Crippen molar-refractivity contribution in [2.24, 2.45) is 5.92 Å². The van der Waals surface area contributed by atoms with Crippen molar-refractivity contribution in [3.05, 3.63) is 34.1 Å². The second kappa shape index (κ2) is 5.97. The predicted octanol–water partition coefficient (Wildman–Crippen LogP) is 3.13. The van der Waals surface area contributed by atoms with Gasteiger partial charge in [0, 0.05) is 19.7 Å². The zero-order chi connectivity index (χ0) is 14.8. The number of hydrogen-bond donors (Lipinski definition) is 0. The molecule has 6 heteroatoms. The van der Waals surface area contributed by atoms with Crippen LogP contribution in [0.25, 0.3) is 0 Å². The van der Waals surface area contributed by atoms with Gasteiger partial charge in [0.1, 0.15) is 5.69 Å². The summed E-state index contributed by atoms with van der Waals surface area (Å²) in [4.78, 5) is 12.4. The van der Waals surface area contributed by atoms with Crippen molar-refractivity contribution < 1.29 is 14.1 Å². The van der Waals surface area contributed by atoms with Crippen molar-refractivity contribution in [2.75, 3.05) is 24.6 Å². The topological polar surface area (TPSA) is 55.6 Å². The summed E-state index contributed by atoms with van der Waals surface area (Å²) in [7, 11) is 0. The Hall–Kier alpha value is -1.69. The maximum atomic E-state index is 13.7. The third kappa shape index (κ3) is 2.85. The van der Waals surface area contributed by atoms with Crippen molar-refractivity contribution >= 4 is 11.4 Å². The zero-order valence-corrected chi connectivity index (χ0v) is 11.8. The quantitative estimate of drug-likeness (QED) is 0.635. The number of nitro groups is 1. The number of hydrogen-bond acceptors (Lipinski definition) is 4. The molecule has 2 fully saturated rings. The van der Waals surface area contributed by atoms with Gasteiger partial charge in [0.05, 0.1) is 11.0 Å². The van der Waals surface area contributed by atoms with Crippen LogP contribution in [0.2, 0.25) is 0 Å². The highest BCUT2D eigenvalue weighted by Crippen LogP contribution is 2.35. The number of nitro benzene ring substituents is 1. The van der Waals surface area contributed by atoms with Crippen molar-refractivity contribution in [2.45, 2.75) is 31.8 Å². The summed E-state index contributed by atoms with van der Waals surface area (Å²) in [6.07, 6.45) is 4.47. The number of anilines is 1. The molecule has 0 spiro atoms. The number of nitrogens with zero attached hydrogens (tertiary/aromatic N) is 2.